The summed E-state index contributed by atoms with van der Waals surface area (Å²) in [7, 11) is 0. The van der Waals surface area contributed by atoms with E-state index in [0.29, 0.717) is 24.2 Å². The van der Waals surface area contributed by atoms with Crippen LogP contribution in [0.4, 0.5) is 0 Å². The van der Waals surface area contributed by atoms with Gasteiger partial charge in [-0.05, 0) is 39.0 Å². The van der Waals surface area contributed by atoms with E-state index in [0.717, 1.165) is 11.3 Å². The fourth-order valence-electron chi connectivity index (χ4n) is 2.32. The normalized spacial score (nSPS) is 11.0. The first-order valence-electron chi connectivity index (χ1n) is 7.89. The summed E-state index contributed by atoms with van der Waals surface area (Å²) in [4.78, 5) is 16.7. The van der Waals surface area contributed by atoms with E-state index in [1.807, 2.05) is 47.3 Å². The van der Waals surface area contributed by atoms with Crippen molar-refractivity contribution < 1.29 is 9.21 Å². The van der Waals surface area contributed by atoms with Gasteiger partial charge in [0.05, 0.1) is 17.9 Å². The number of aromatic nitrogens is 3. The predicted molar refractivity (Wildman–Crippen MR) is 90.5 cm³/mol. The topological polar surface area (TPSA) is 73.0 Å². The van der Waals surface area contributed by atoms with Crippen molar-refractivity contribution in [1.82, 2.24) is 20.1 Å². The Labute approximate surface area is 140 Å². The number of nitrogens with zero attached hydrogens (tertiary/aromatic N) is 3. The van der Waals surface area contributed by atoms with Crippen molar-refractivity contribution in [1.29, 1.82) is 0 Å². The van der Waals surface area contributed by atoms with Crippen molar-refractivity contribution in [3.63, 3.8) is 0 Å². The van der Waals surface area contributed by atoms with Crippen LogP contribution in [0.15, 0.2) is 47.0 Å². The Balaban J connectivity index is 1.70. The van der Waals surface area contributed by atoms with Crippen LogP contribution >= 0.6 is 0 Å². The van der Waals surface area contributed by atoms with Crippen molar-refractivity contribution in [2.75, 3.05) is 0 Å². The highest BCUT2D eigenvalue weighted by Crippen LogP contribution is 2.21. The van der Waals surface area contributed by atoms with Crippen LogP contribution in [0, 0.1) is 6.92 Å². The Bertz CT molecular complexity index is 834. The van der Waals surface area contributed by atoms with Crippen LogP contribution in [0.2, 0.25) is 0 Å². The second-order valence-corrected chi connectivity index (χ2v) is 5.86. The van der Waals surface area contributed by atoms with Gasteiger partial charge in [-0.2, -0.15) is 5.10 Å². The SMILES string of the molecule is Cc1nc(-c2ccccc2)oc1C(=O)NCc1ccn(C(C)C)n1. The molecule has 24 heavy (non-hydrogen) atoms. The molecule has 0 radical (unpaired) electrons. The van der Waals surface area contributed by atoms with Gasteiger partial charge in [-0.1, -0.05) is 18.2 Å². The van der Waals surface area contributed by atoms with Crippen LogP contribution in [0.1, 0.15) is 41.8 Å². The molecule has 0 aliphatic heterocycles. The zero-order valence-electron chi connectivity index (χ0n) is 14.0. The Morgan fingerprint density at radius 1 is 1.25 bits per heavy atom. The summed E-state index contributed by atoms with van der Waals surface area (Å²) in [5.74, 6) is 0.390. The highest BCUT2D eigenvalue weighted by Gasteiger charge is 2.18. The van der Waals surface area contributed by atoms with Gasteiger partial charge in [-0.25, -0.2) is 4.98 Å². The van der Waals surface area contributed by atoms with Crippen molar-refractivity contribution in [2.24, 2.45) is 0 Å². The Morgan fingerprint density at radius 2 is 2.00 bits per heavy atom. The molecule has 0 aliphatic rings. The Morgan fingerprint density at radius 3 is 2.67 bits per heavy atom. The van der Waals surface area contributed by atoms with Gasteiger partial charge in [0.15, 0.2) is 0 Å². The number of amides is 1. The van der Waals surface area contributed by atoms with Crippen LogP contribution in [-0.2, 0) is 6.54 Å². The third-order valence-corrected chi connectivity index (χ3v) is 3.65. The van der Waals surface area contributed by atoms with Crippen LogP contribution in [-0.4, -0.2) is 20.7 Å². The summed E-state index contributed by atoms with van der Waals surface area (Å²) in [6.45, 7) is 6.22. The van der Waals surface area contributed by atoms with E-state index in [-0.39, 0.29) is 11.7 Å². The maximum atomic E-state index is 12.3. The summed E-state index contributed by atoms with van der Waals surface area (Å²) < 4.78 is 7.50. The quantitative estimate of drug-likeness (QED) is 0.781. The summed E-state index contributed by atoms with van der Waals surface area (Å²) in [6, 6.07) is 11.7. The number of carbonyl (C=O) groups excluding carboxylic acids is 1. The molecule has 0 saturated heterocycles. The lowest BCUT2D eigenvalue weighted by atomic mass is 10.2. The minimum absolute atomic E-state index is 0.233. The molecular formula is C18H20N4O2. The molecule has 2 heterocycles. The molecule has 6 heteroatoms. The van der Waals surface area contributed by atoms with Gasteiger partial charge < -0.3 is 9.73 Å². The van der Waals surface area contributed by atoms with Crippen LogP contribution in [0.3, 0.4) is 0 Å². The molecule has 0 spiro atoms. The first-order chi connectivity index (χ1) is 11.5. The lowest BCUT2D eigenvalue weighted by Gasteiger charge is -2.04. The summed E-state index contributed by atoms with van der Waals surface area (Å²) in [5, 5.41) is 7.23. The molecule has 2 aromatic heterocycles. The third kappa shape index (κ3) is 3.37. The van der Waals surface area contributed by atoms with Gasteiger partial charge in [0.1, 0.15) is 0 Å². The van der Waals surface area contributed by atoms with E-state index in [1.54, 1.807) is 6.92 Å². The van der Waals surface area contributed by atoms with Crippen molar-refractivity contribution in [3.05, 3.63) is 59.7 Å². The smallest absolute Gasteiger partial charge is 0.289 e. The molecule has 1 amide bonds. The average Bonchev–Trinajstić information content (AvgIpc) is 3.20. The van der Waals surface area contributed by atoms with Crippen LogP contribution in [0.5, 0.6) is 0 Å². The molecule has 0 saturated carbocycles. The molecule has 0 bridgehead atoms. The van der Waals surface area contributed by atoms with Gasteiger partial charge in [0, 0.05) is 17.8 Å². The number of carbonyl (C=O) groups is 1. The van der Waals surface area contributed by atoms with Crippen molar-refractivity contribution in [2.45, 2.75) is 33.4 Å². The molecule has 1 N–H and O–H groups in total. The molecule has 0 aliphatic carbocycles. The number of hydrogen-bond donors (Lipinski definition) is 1. The van der Waals surface area contributed by atoms with E-state index < -0.39 is 0 Å². The average molecular weight is 324 g/mol. The zero-order valence-corrected chi connectivity index (χ0v) is 14.0. The Hall–Kier alpha value is -2.89. The lowest BCUT2D eigenvalue weighted by Crippen LogP contribution is -2.23. The summed E-state index contributed by atoms with van der Waals surface area (Å²) in [5.41, 5.74) is 2.21. The monoisotopic (exact) mass is 324 g/mol. The highest BCUT2D eigenvalue weighted by molar-refractivity contribution is 5.92. The molecule has 6 nitrogen and oxygen atoms in total. The van der Waals surface area contributed by atoms with Gasteiger partial charge >= 0.3 is 0 Å². The molecule has 0 atom stereocenters. The number of rotatable bonds is 5. The first kappa shape index (κ1) is 16.0. The standard InChI is InChI=1S/C18H20N4O2/c1-12(2)22-10-9-15(21-22)11-19-17(23)16-13(3)20-18(24-16)14-7-5-4-6-8-14/h4-10,12H,11H2,1-3H3,(H,19,23). The molecule has 3 rings (SSSR count). The maximum Gasteiger partial charge on any atom is 0.289 e. The summed E-state index contributed by atoms with van der Waals surface area (Å²) >= 11 is 0. The Kier molecular flexibility index (Phi) is 4.46. The lowest BCUT2D eigenvalue weighted by molar-refractivity contribution is 0.0922. The number of hydrogen-bond acceptors (Lipinski definition) is 4. The van der Waals surface area contributed by atoms with E-state index in [1.165, 1.54) is 0 Å². The van der Waals surface area contributed by atoms with Gasteiger partial charge in [0.2, 0.25) is 11.7 Å². The third-order valence-electron chi connectivity index (χ3n) is 3.65. The number of nitrogens with one attached hydrogen (secondary N) is 1. The molecule has 0 fully saturated rings. The molecule has 1 aromatic carbocycles. The molecule has 3 aromatic rings. The van der Waals surface area contributed by atoms with Gasteiger partial charge in [0.25, 0.3) is 5.91 Å². The second-order valence-electron chi connectivity index (χ2n) is 5.86. The highest BCUT2D eigenvalue weighted by atomic mass is 16.4. The predicted octanol–water partition coefficient (Wildman–Crippen LogP) is 3.36. The minimum atomic E-state index is -0.290. The van der Waals surface area contributed by atoms with E-state index in [9.17, 15) is 4.79 Å². The van der Waals surface area contributed by atoms with E-state index >= 15 is 0 Å². The number of aryl methyl sites for hydroxylation is 1. The van der Waals surface area contributed by atoms with Crippen LogP contribution < -0.4 is 5.32 Å². The minimum Gasteiger partial charge on any atom is -0.431 e. The molecular weight excluding hydrogens is 304 g/mol. The largest absolute Gasteiger partial charge is 0.431 e. The molecule has 0 unspecified atom stereocenters. The second kappa shape index (κ2) is 6.70. The van der Waals surface area contributed by atoms with Crippen molar-refractivity contribution in [3.8, 4) is 11.5 Å². The fraction of sp³-hybridized carbons (Fsp3) is 0.278. The fourth-order valence-corrected chi connectivity index (χ4v) is 2.32. The number of oxazole rings is 1. The van der Waals surface area contributed by atoms with E-state index in [2.05, 4.69) is 29.2 Å². The molecule has 124 valence electrons. The van der Waals surface area contributed by atoms with Gasteiger partial charge in [-0.3, -0.25) is 9.48 Å². The summed E-state index contributed by atoms with van der Waals surface area (Å²) in [6.07, 6.45) is 1.90. The first-order valence-corrected chi connectivity index (χ1v) is 7.89. The van der Waals surface area contributed by atoms with E-state index in [4.69, 9.17) is 4.42 Å². The van der Waals surface area contributed by atoms with Gasteiger partial charge in [-0.15, -0.1) is 0 Å². The van der Waals surface area contributed by atoms with Crippen LogP contribution in [0.25, 0.3) is 11.5 Å². The van der Waals surface area contributed by atoms with Crippen molar-refractivity contribution >= 4 is 5.91 Å². The number of benzene rings is 1. The maximum absolute atomic E-state index is 12.3. The zero-order chi connectivity index (χ0) is 17.1.